The number of carbonyl (C=O) groups excluding carboxylic acids is 1. The molecule has 20 heavy (non-hydrogen) atoms. The third kappa shape index (κ3) is 3.98. The Morgan fingerprint density at radius 3 is 2.50 bits per heavy atom. The topological polar surface area (TPSA) is 69.6 Å². The van der Waals surface area contributed by atoms with Crippen LogP contribution >= 0.6 is 0 Å². The zero-order valence-electron chi connectivity index (χ0n) is 12.4. The molecule has 0 heterocycles. The molecule has 0 saturated carbocycles. The molecule has 0 aliphatic carbocycles. The van der Waals surface area contributed by atoms with Crippen molar-refractivity contribution in [2.45, 2.75) is 40.2 Å². The van der Waals surface area contributed by atoms with Crippen LogP contribution in [0.15, 0.2) is 18.2 Å². The summed E-state index contributed by atoms with van der Waals surface area (Å²) in [5.74, 6) is -1.05. The van der Waals surface area contributed by atoms with Gasteiger partial charge in [-0.15, -0.1) is 0 Å². The Balaban J connectivity index is 2.97. The SMILES string of the molecule is CCCN(C(=O)Nc1ccc(C)cc1C(=O)O)C(C)C. The molecule has 0 saturated heterocycles. The third-order valence-corrected chi connectivity index (χ3v) is 3.00. The molecule has 0 fully saturated rings. The minimum atomic E-state index is -1.05. The van der Waals surface area contributed by atoms with E-state index in [0.29, 0.717) is 12.2 Å². The number of anilines is 1. The lowest BCUT2D eigenvalue weighted by Gasteiger charge is -2.26. The molecule has 0 radical (unpaired) electrons. The van der Waals surface area contributed by atoms with Crippen molar-refractivity contribution >= 4 is 17.7 Å². The van der Waals surface area contributed by atoms with Gasteiger partial charge in [-0.2, -0.15) is 0 Å². The van der Waals surface area contributed by atoms with Crippen molar-refractivity contribution in [3.8, 4) is 0 Å². The van der Waals surface area contributed by atoms with E-state index in [9.17, 15) is 14.7 Å². The average molecular weight is 278 g/mol. The van der Waals surface area contributed by atoms with Gasteiger partial charge >= 0.3 is 12.0 Å². The fourth-order valence-corrected chi connectivity index (χ4v) is 1.97. The van der Waals surface area contributed by atoms with Crippen molar-refractivity contribution in [1.82, 2.24) is 4.90 Å². The monoisotopic (exact) mass is 278 g/mol. The lowest BCUT2D eigenvalue weighted by atomic mass is 10.1. The molecule has 0 aromatic heterocycles. The number of aromatic carboxylic acids is 1. The standard InChI is InChI=1S/C15H22N2O3/c1-5-8-17(10(2)3)15(20)16-13-7-6-11(4)9-12(13)14(18)19/h6-7,9-10H,5,8H2,1-4H3,(H,16,20)(H,18,19). The molecular weight excluding hydrogens is 256 g/mol. The van der Waals surface area contributed by atoms with Crippen LogP contribution in [0.2, 0.25) is 0 Å². The van der Waals surface area contributed by atoms with Crippen LogP contribution in [0.4, 0.5) is 10.5 Å². The third-order valence-electron chi connectivity index (χ3n) is 3.00. The smallest absolute Gasteiger partial charge is 0.337 e. The Kier molecular flexibility index (Phi) is 5.55. The fourth-order valence-electron chi connectivity index (χ4n) is 1.97. The quantitative estimate of drug-likeness (QED) is 0.867. The van der Waals surface area contributed by atoms with Gasteiger partial charge < -0.3 is 15.3 Å². The number of hydrogen-bond donors (Lipinski definition) is 2. The van der Waals surface area contributed by atoms with E-state index in [1.165, 1.54) is 0 Å². The predicted molar refractivity (Wildman–Crippen MR) is 79.3 cm³/mol. The number of hydrogen-bond acceptors (Lipinski definition) is 2. The summed E-state index contributed by atoms with van der Waals surface area (Å²) in [7, 11) is 0. The van der Waals surface area contributed by atoms with E-state index in [0.717, 1.165) is 12.0 Å². The summed E-state index contributed by atoms with van der Waals surface area (Å²) < 4.78 is 0. The Labute approximate surface area is 119 Å². The highest BCUT2D eigenvalue weighted by molar-refractivity contribution is 6.00. The lowest BCUT2D eigenvalue weighted by Crippen LogP contribution is -2.40. The van der Waals surface area contributed by atoms with Crippen LogP contribution < -0.4 is 5.32 Å². The molecule has 0 aliphatic rings. The number of carboxylic acids is 1. The number of benzene rings is 1. The van der Waals surface area contributed by atoms with E-state index >= 15 is 0 Å². The van der Waals surface area contributed by atoms with Crippen molar-refractivity contribution in [1.29, 1.82) is 0 Å². The van der Waals surface area contributed by atoms with Crippen LogP contribution in [0.3, 0.4) is 0 Å². The number of nitrogens with one attached hydrogen (secondary N) is 1. The molecule has 5 heteroatoms. The predicted octanol–water partition coefficient (Wildman–Crippen LogP) is 3.35. The van der Waals surface area contributed by atoms with Gasteiger partial charge in [0, 0.05) is 12.6 Å². The lowest BCUT2D eigenvalue weighted by molar-refractivity contribution is 0.0698. The molecule has 5 nitrogen and oxygen atoms in total. The van der Waals surface area contributed by atoms with Gasteiger partial charge in [-0.25, -0.2) is 9.59 Å². The summed E-state index contributed by atoms with van der Waals surface area (Å²) >= 11 is 0. The first kappa shape index (κ1) is 16.0. The molecule has 110 valence electrons. The van der Waals surface area contributed by atoms with Crippen LogP contribution in [-0.4, -0.2) is 34.6 Å². The maximum Gasteiger partial charge on any atom is 0.337 e. The number of aryl methyl sites for hydroxylation is 1. The Morgan fingerprint density at radius 1 is 1.35 bits per heavy atom. The average Bonchev–Trinajstić information content (AvgIpc) is 2.37. The van der Waals surface area contributed by atoms with Crippen LogP contribution in [-0.2, 0) is 0 Å². The molecule has 0 aliphatic heterocycles. The van der Waals surface area contributed by atoms with Gasteiger partial charge in [0.15, 0.2) is 0 Å². The first-order valence-electron chi connectivity index (χ1n) is 6.78. The summed E-state index contributed by atoms with van der Waals surface area (Å²) in [5.41, 5.74) is 1.28. The van der Waals surface area contributed by atoms with E-state index in [2.05, 4.69) is 5.32 Å². The van der Waals surface area contributed by atoms with E-state index in [4.69, 9.17) is 0 Å². The molecule has 1 rings (SSSR count). The molecular formula is C15H22N2O3. The number of carboxylic acid groups (broad SMARTS) is 1. The van der Waals surface area contributed by atoms with Crippen LogP contribution in [0.5, 0.6) is 0 Å². The molecule has 1 aromatic carbocycles. The minimum absolute atomic E-state index is 0.0636. The summed E-state index contributed by atoms with van der Waals surface area (Å²) in [5, 5.41) is 11.9. The van der Waals surface area contributed by atoms with Crippen LogP contribution in [0, 0.1) is 6.92 Å². The number of rotatable bonds is 5. The second-order valence-corrected chi connectivity index (χ2v) is 5.07. The number of amides is 2. The summed E-state index contributed by atoms with van der Waals surface area (Å²) in [6.07, 6.45) is 0.852. The van der Waals surface area contributed by atoms with Gasteiger partial charge in [0.05, 0.1) is 11.3 Å². The molecule has 0 atom stereocenters. The fraction of sp³-hybridized carbons (Fsp3) is 0.467. The molecule has 1 aromatic rings. The van der Waals surface area contributed by atoms with Gasteiger partial charge in [-0.1, -0.05) is 18.6 Å². The molecule has 0 unspecified atom stereocenters. The number of carbonyl (C=O) groups is 2. The van der Waals surface area contributed by atoms with Gasteiger partial charge in [-0.05, 0) is 39.3 Å². The summed E-state index contributed by atoms with van der Waals surface area (Å²) in [4.78, 5) is 25.1. The van der Waals surface area contributed by atoms with Crippen molar-refractivity contribution in [3.63, 3.8) is 0 Å². The first-order chi connectivity index (χ1) is 9.36. The first-order valence-corrected chi connectivity index (χ1v) is 6.78. The summed E-state index contributed by atoms with van der Waals surface area (Å²) in [6, 6.07) is 4.75. The van der Waals surface area contributed by atoms with Gasteiger partial charge in [0.1, 0.15) is 0 Å². The second-order valence-electron chi connectivity index (χ2n) is 5.07. The number of nitrogens with zero attached hydrogens (tertiary/aromatic N) is 1. The molecule has 2 N–H and O–H groups in total. The van der Waals surface area contributed by atoms with Gasteiger partial charge in [-0.3, -0.25) is 0 Å². The molecule has 2 amide bonds. The number of urea groups is 1. The molecule has 0 spiro atoms. The van der Waals surface area contributed by atoms with E-state index in [-0.39, 0.29) is 17.6 Å². The maximum atomic E-state index is 12.2. The van der Waals surface area contributed by atoms with Crippen molar-refractivity contribution < 1.29 is 14.7 Å². The van der Waals surface area contributed by atoms with Crippen molar-refractivity contribution in [2.75, 3.05) is 11.9 Å². The highest BCUT2D eigenvalue weighted by atomic mass is 16.4. The highest BCUT2D eigenvalue weighted by Crippen LogP contribution is 2.18. The van der Waals surface area contributed by atoms with Gasteiger partial charge in [0.2, 0.25) is 0 Å². The molecule has 0 bridgehead atoms. The zero-order valence-corrected chi connectivity index (χ0v) is 12.4. The summed E-state index contributed by atoms with van der Waals surface area (Å²) in [6.45, 7) is 8.31. The van der Waals surface area contributed by atoms with E-state index < -0.39 is 5.97 Å². The maximum absolute atomic E-state index is 12.2. The van der Waals surface area contributed by atoms with E-state index in [1.54, 1.807) is 23.1 Å². The minimum Gasteiger partial charge on any atom is -0.478 e. The Bertz CT molecular complexity index is 498. The van der Waals surface area contributed by atoms with Crippen molar-refractivity contribution in [3.05, 3.63) is 29.3 Å². The highest BCUT2D eigenvalue weighted by Gasteiger charge is 2.18. The van der Waals surface area contributed by atoms with Gasteiger partial charge in [0.25, 0.3) is 0 Å². The Hall–Kier alpha value is -2.04. The van der Waals surface area contributed by atoms with Crippen LogP contribution in [0.1, 0.15) is 43.1 Å². The normalized spacial score (nSPS) is 10.4. The zero-order chi connectivity index (χ0) is 15.3. The van der Waals surface area contributed by atoms with Crippen LogP contribution in [0.25, 0.3) is 0 Å². The van der Waals surface area contributed by atoms with E-state index in [1.807, 2.05) is 27.7 Å². The van der Waals surface area contributed by atoms with Crippen molar-refractivity contribution in [2.24, 2.45) is 0 Å². The largest absolute Gasteiger partial charge is 0.478 e. The Morgan fingerprint density at radius 2 is 2.00 bits per heavy atom. The second kappa shape index (κ2) is 6.93.